The van der Waals surface area contributed by atoms with E-state index in [1.165, 1.54) is 6.08 Å². The van der Waals surface area contributed by atoms with Crippen molar-refractivity contribution in [1.82, 2.24) is 5.32 Å². The molecule has 3 N–H and O–H groups in total. The van der Waals surface area contributed by atoms with Gasteiger partial charge in [0, 0.05) is 17.1 Å². The van der Waals surface area contributed by atoms with Gasteiger partial charge >= 0.3 is 6.03 Å². The number of hydrogen-bond donors (Lipinski definition) is 2. The molecule has 0 saturated heterocycles. The number of imide groups is 1. The molecule has 2 rings (SSSR count). The molecule has 2 aliphatic rings. The van der Waals surface area contributed by atoms with Gasteiger partial charge in [0.05, 0.1) is 0 Å². The van der Waals surface area contributed by atoms with E-state index in [1.54, 1.807) is 0 Å². The van der Waals surface area contributed by atoms with Gasteiger partial charge in [0.1, 0.15) is 0 Å². The Balaban J connectivity index is 2.33. The lowest BCUT2D eigenvalue weighted by molar-refractivity contribution is -0.125. The van der Waals surface area contributed by atoms with Crippen LogP contribution in [0.15, 0.2) is 11.6 Å². The highest BCUT2D eigenvalue weighted by Gasteiger charge is 2.63. The van der Waals surface area contributed by atoms with Crippen molar-refractivity contribution in [3.05, 3.63) is 11.6 Å². The number of ketones is 1. The fraction of sp³-hybridized carbons (Fsp3) is 0.615. The predicted octanol–water partition coefficient (Wildman–Crippen LogP) is 1.13. The molecule has 0 heterocycles. The minimum Gasteiger partial charge on any atom is -0.351 e. The molecule has 98 valence electrons. The Bertz CT molecular complexity index is 479. The van der Waals surface area contributed by atoms with E-state index in [-0.39, 0.29) is 17.1 Å². The van der Waals surface area contributed by atoms with Gasteiger partial charge in [-0.1, -0.05) is 20.8 Å². The molecule has 2 atom stereocenters. The Hall–Kier alpha value is -1.65. The number of carbonyl (C=O) groups is 3. The van der Waals surface area contributed by atoms with Crippen molar-refractivity contribution in [3.63, 3.8) is 0 Å². The Morgan fingerprint density at radius 2 is 2.00 bits per heavy atom. The van der Waals surface area contributed by atoms with Crippen LogP contribution in [0, 0.1) is 16.7 Å². The first-order valence-electron chi connectivity index (χ1n) is 6.07. The lowest BCUT2D eigenvalue weighted by Crippen LogP contribution is -2.35. The summed E-state index contributed by atoms with van der Waals surface area (Å²) in [5, 5.41) is 1.96. The van der Waals surface area contributed by atoms with Gasteiger partial charge in [0.25, 0.3) is 5.91 Å². The smallest absolute Gasteiger partial charge is 0.319 e. The van der Waals surface area contributed by atoms with Crippen LogP contribution in [0.3, 0.4) is 0 Å². The minimum absolute atomic E-state index is 0.0309. The molecule has 0 aliphatic heterocycles. The lowest BCUT2D eigenvalue weighted by atomic mass is 9.70. The van der Waals surface area contributed by atoms with Crippen LogP contribution in [-0.4, -0.2) is 17.7 Å². The van der Waals surface area contributed by atoms with Gasteiger partial charge in [0.2, 0.25) is 0 Å². The highest BCUT2D eigenvalue weighted by molar-refractivity contribution is 6.10. The number of Topliss-reactive ketones (excluding diaryl/α,β-unsaturated/α-hetero) is 1. The maximum absolute atomic E-state index is 12.4. The SMILES string of the molecule is CC1(C)[C@@H]2CC[C@]1(C)C(=O)/C2=C\C(=O)NC(N)=O. The molecule has 2 bridgehead atoms. The van der Waals surface area contributed by atoms with Crippen molar-refractivity contribution in [1.29, 1.82) is 0 Å². The summed E-state index contributed by atoms with van der Waals surface area (Å²) in [6, 6.07) is -0.905. The highest BCUT2D eigenvalue weighted by atomic mass is 16.2. The van der Waals surface area contributed by atoms with E-state index in [0.717, 1.165) is 12.8 Å². The van der Waals surface area contributed by atoms with Crippen molar-refractivity contribution in [2.75, 3.05) is 0 Å². The molecule has 5 nitrogen and oxygen atoms in total. The van der Waals surface area contributed by atoms with Crippen LogP contribution in [0.5, 0.6) is 0 Å². The van der Waals surface area contributed by atoms with Crippen LogP contribution in [0.1, 0.15) is 33.6 Å². The Morgan fingerprint density at radius 3 is 2.44 bits per heavy atom. The monoisotopic (exact) mass is 250 g/mol. The van der Waals surface area contributed by atoms with Crippen molar-refractivity contribution in [3.8, 4) is 0 Å². The standard InChI is InChI=1S/C13H18N2O3/c1-12(2)8-4-5-13(12,3)10(17)7(8)6-9(16)15-11(14)18/h6,8H,4-5H2,1-3H3,(H3,14,15,16,18)/b7-6-/t8-,13-/m1/s1. The Kier molecular flexibility index (Phi) is 2.61. The molecule has 0 aromatic heterocycles. The number of primary amides is 1. The molecule has 2 fully saturated rings. The lowest BCUT2D eigenvalue weighted by Gasteiger charge is -2.31. The van der Waals surface area contributed by atoms with Crippen LogP contribution < -0.4 is 11.1 Å². The zero-order valence-electron chi connectivity index (χ0n) is 10.9. The van der Waals surface area contributed by atoms with Crippen molar-refractivity contribution < 1.29 is 14.4 Å². The minimum atomic E-state index is -0.905. The summed E-state index contributed by atoms with van der Waals surface area (Å²) in [4.78, 5) is 34.5. The largest absolute Gasteiger partial charge is 0.351 e. The molecule has 0 aromatic carbocycles. The average Bonchev–Trinajstić information content (AvgIpc) is 2.52. The van der Waals surface area contributed by atoms with Gasteiger partial charge < -0.3 is 5.73 Å². The molecule has 0 unspecified atom stereocenters. The van der Waals surface area contributed by atoms with E-state index in [1.807, 2.05) is 12.2 Å². The van der Waals surface area contributed by atoms with E-state index in [4.69, 9.17) is 5.73 Å². The van der Waals surface area contributed by atoms with E-state index in [2.05, 4.69) is 13.8 Å². The van der Waals surface area contributed by atoms with E-state index < -0.39 is 17.4 Å². The number of carbonyl (C=O) groups excluding carboxylic acids is 3. The maximum Gasteiger partial charge on any atom is 0.319 e. The van der Waals surface area contributed by atoms with Crippen LogP contribution in [0.4, 0.5) is 4.79 Å². The summed E-state index contributed by atoms with van der Waals surface area (Å²) in [5.74, 6) is -0.491. The second-order valence-corrected chi connectivity index (χ2v) is 5.93. The van der Waals surface area contributed by atoms with Gasteiger partial charge in [-0.15, -0.1) is 0 Å². The first-order chi connectivity index (χ1) is 8.20. The van der Waals surface area contributed by atoms with E-state index in [9.17, 15) is 14.4 Å². The molecular formula is C13H18N2O3. The van der Waals surface area contributed by atoms with Crippen molar-refractivity contribution >= 4 is 17.7 Å². The maximum atomic E-state index is 12.4. The zero-order chi connectivity index (χ0) is 13.7. The van der Waals surface area contributed by atoms with Crippen LogP contribution in [0.25, 0.3) is 0 Å². The molecule has 3 amide bonds. The molecule has 2 aliphatic carbocycles. The number of nitrogens with two attached hydrogens (primary N) is 1. The van der Waals surface area contributed by atoms with Gasteiger partial charge in [-0.05, 0) is 24.2 Å². The summed E-state index contributed by atoms with van der Waals surface area (Å²) in [7, 11) is 0. The van der Waals surface area contributed by atoms with Gasteiger partial charge in [0.15, 0.2) is 5.78 Å². The number of nitrogens with one attached hydrogen (secondary N) is 1. The summed E-state index contributed by atoms with van der Waals surface area (Å²) in [6.07, 6.45) is 3.01. The first-order valence-corrected chi connectivity index (χ1v) is 6.07. The molecule has 0 aromatic rings. The number of rotatable bonds is 1. The molecule has 5 heteroatoms. The summed E-state index contributed by atoms with van der Waals surface area (Å²) in [6.45, 7) is 6.09. The van der Waals surface area contributed by atoms with Crippen molar-refractivity contribution in [2.24, 2.45) is 22.5 Å². The number of hydrogen-bond acceptors (Lipinski definition) is 3. The Morgan fingerprint density at radius 1 is 1.39 bits per heavy atom. The van der Waals surface area contributed by atoms with Gasteiger partial charge in [-0.2, -0.15) is 0 Å². The zero-order valence-corrected chi connectivity index (χ0v) is 10.9. The Labute approximate surface area is 106 Å². The third kappa shape index (κ3) is 1.50. The first kappa shape index (κ1) is 12.8. The molecule has 2 saturated carbocycles. The second-order valence-electron chi connectivity index (χ2n) is 5.93. The molecule has 18 heavy (non-hydrogen) atoms. The van der Waals surface area contributed by atoms with Crippen LogP contribution in [0.2, 0.25) is 0 Å². The number of amides is 3. The molecular weight excluding hydrogens is 232 g/mol. The molecule has 0 spiro atoms. The van der Waals surface area contributed by atoms with Gasteiger partial charge in [-0.25, -0.2) is 4.79 Å². The highest BCUT2D eigenvalue weighted by Crippen LogP contribution is 2.65. The van der Waals surface area contributed by atoms with Crippen LogP contribution in [-0.2, 0) is 9.59 Å². The normalized spacial score (nSPS) is 34.9. The number of fused-ring (bicyclic) bond motifs is 2. The predicted molar refractivity (Wildman–Crippen MR) is 65.4 cm³/mol. The summed E-state index contributed by atoms with van der Waals surface area (Å²) < 4.78 is 0. The number of allylic oxidation sites excluding steroid dienone is 1. The topological polar surface area (TPSA) is 89.3 Å². The fourth-order valence-electron chi connectivity index (χ4n) is 3.39. The fourth-order valence-corrected chi connectivity index (χ4v) is 3.39. The average molecular weight is 250 g/mol. The second kappa shape index (κ2) is 3.67. The third-order valence-corrected chi connectivity index (χ3v) is 4.90. The quantitative estimate of drug-likeness (QED) is 0.684. The number of urea groups is 1. The van der Waals surface area contributed by atoms with E-state index >= 15 is 0 Å². The molecule has 0 radical (unpaired) electrons. The summed E-state index contributed by atoms with van der Waals surface area (Å²) in [5.41, 5.74) is 4.88. The third-order valence-electron chi connectivity index (χ3n) is 4.90. The van der Waals surface area contributed by atoms with E-state index in [0.29, 0.717) is 5.57 Å². The summed E-state index contributed by atoms with van der Waals surface area (Å²) >= 11 is 0. The van der Waals surface area contributed by atoms with Gasteiger partial charge in [-0.3, -0.25) is 14.9 Å². The van der Waals surface area contributed by atoms with Crippen LogP contribution >= 0.6 is 0 Å². The van der Waals surface area contributed by atoms with Crippen molar-refractivity contribution in [2.45, 2.75) is 33.6 Å².